The highest BCUT2D eigenvalue weighted by Crippen LogP contribution is 2.33. The number of esters is 1. The lowest BCUT2D eigenvalue weighted by molar-refractivity contribution is -0.384. The van der Waals surface area contributed by atoms with E-state index in [2.05, 4.69) is 0 Å². The zero-order chi connectivity index (χ0) is 23.9. The Bertz CT molecular complexity index is 1770. The van der Waals surface area contributed by atoms with Crippen LogP contribution in [0.2, 0.25) is 0 Å². The molecular weight excluding hydrogens is 444 g/mol. The van der Waals surface area contributed by atoms with E-state index in [1.165, 1.54) is 29.1 Å². The van der Waals surface area contributed by atoms with Gasteiger partial charge in [-0.25, -0.2) is 4.79 Å². The molecule has 0 aliphatic heterocycles. The van der Waals surface area contributed by atoms with Crippen LogP contribution in [0, 0.1) is 10.1 Å². The molecule has 0 aliphatic rings. The van der Waals surface area contributed by atoms with E-state index in [-0.39, 0.29) is 17.0 Å². The average molecular weight is 460 g/mol. The molecule has 0 spiro atoms. The molecule has 0 radical (unpaired) electrons. The van der Waals surface area contributed by atoms with E-state index in [4.69, 9.17) is 14.9 Å². The van der Waals surface area contributed by atoms with Crippen molar-refractivity contribution in [2.75, 3.05) is 0 Å². The van der Waals surface area contributed by atoms with Gasteiger partial charge in [0, 0.05) is 22.9 Å². The predicted molar refractivity (Wildman–Crippen MR) is 132 cm³/mol. The Morgan fingerprint density at radius 2 is 1.43 bits per heavy atom. The number of hydrogen-bond donors (Lipinski definition) is 0. The van der Waals surface area contributed by atoms with Gasteiger partial charge in [-0.3, -0.25) is 10.1 Å². The molecule has 8 heteroatoms. The Kier molecular flexibility index (Phi) is 4.70. The van der Waals surface area contributed by atoms with E-state index >= 15 is 0 Å². The Morgan fingerprint density at radius 3 is 2.17 bits per heavy atom. The fraction of sp³-hybridized carbons (Fsp3) is 0. The lowest BCUT2D eigenvalue weighted by Crippen LogP contribution is -2.12. The summed E-state index contributed by atoms with van der Waals surface area (Å²) in [4.78, 5) is 24.8. The first-order chi connectivity index (χ1) is 17.1. The molecule has 0 fully saturated rings. The van der Waals surface area contributed by atoms with Gasteiger partial charge < -0.3 is 4.74 Å². The van der Waals surface area contributed by atoms with Crippen molar-refractivity contribution in [2.45, 2.75) is 0 Å². The van der Waals surface area contributed by atoms with Gasteiger partial charge in [0.1, 0.15) is 16.7 Å². The van der Waals surface area contributed by atoms with Crippen LogP contribution in [0.1, 0.15) is 10.4 Å². The highest BCUT2D eigenvalue weighted by Gasteiger charge is 2.19. The summed E-state index contributed by atoms with van der Waals surface area (Å²) in [6.45, 7) is 0. The predicted octanol–water partition coefficient (Wildman–Crippen LogP) is 5.85. The summed E-state index contributed by atoms with van der Waals surface area (Å²) < 4.78 is 5.77. The summed E-state index contributed by atoms with van der Waals surface area (Å²) >= 11 is 0. The quantitative estimate of drug-likeness (QED) is 0.141. The van der Waals surface area contributed by atoms with Gasteiger partial charge in [0.25, 0.3) is 5.69 Å². The molecule has 0 aliphatic carbocycles. The van der Waals surface area contributed by atoms with E-state index in [0.717, 1.165) is 27.1 Å². The van der Waals surface area contributed by atoms with Crippen LogP contribution in [0.4, 0.5) is 5.69 Å². The van der Waals surface area contributed by atoms with Gasteiger partial charge in [-0.2, -0.15) is 0 Å². The fourth-order valence-electron chi connectivity index (χ4n) is 4.15. The largest absolute Gasteiger partial charge is 0.421 e. The molecule has 6 aromatic rings. The molecule has 168 valence electrons. The molecule has 8 nitrogen and oxygen atoms in total. The van der Waals surface area contributed by atoms with Crippen LogP contribution < -0.4 is 4.74 Å². The van der Waals surface area contributed by atoms with Gasteiger partial charge in [-0.15, -0.1) is 15.0 Å². The molecule has 0 bridgehead atoms. The third kappa shape index (κ3) is 3.53. The smallest absolute Gasteiger partial charge is 0.343 e. The number of carbonyl (C=O) groups excluding carboxylic acids is 1. The minimum absolute atomic E-state index is 0.104. The molecule has 0 N–H and O–H groups in total. The maximum Gasteiger partial charge on any atom is 0.343 e. The zero-order valence-electron chi connectivity index (χ0n) is 18.2. The van der Waals surface area contributed by atoms with Crippen molar-refractivity contribution in [3.8, 4) is 11.4 Å². The highest BCUT2D eigenvalue weighted by atomic mass is 16.6. The lowest BCUT2D eigenvalue weighted by Gasteiger charge is -2.12. The number of non-ortho nitro benzene ring substituents is 1. The van der Waals surface area contributed by atoms with Crippen molar-refractivity contribution in [3.05, 3.63) is 113 Å². The first-order valence-corrected chi connectivity index (χ1v) is 10.8. The molecule has 0 saturated heterocycles. The molecule has 35 heavy (non-hydrogen) atoms. The Morgan fingerprint density at radius 1 is 0.771 bits per heavy atom. The second-order valence-corrected chi connectivity index (χ2v) is 7.97. The summed E-state index contributed by atoms with van der Waals surface area (Å²) in [5.41, 5.74) is 2.07. The van der Waals surface area contributed by atoms with Gasteiger partial charge in [-0.1, -0.05) is 60.7 Å². The Hall–Kier alpha value is -5.11. The van der Waals surface area contributed by atoms with Crippen LogP contribution in [-0.2, 0) is 0 Å². The molecule has 0 saturated carbocycles. The van der Waals surface area contributed by atoms with Crippen molar-refractivity contribution >= 4 is 44.2 Å². The molecule has 6 rings (SSSR count). The number of aromatic nitrogens is 3. The number of benzene rings is 5. The van der Waals surface area contributed by atoms with Crippen molar-refractivity contribution in [3.63, 3.8) is 0 Å². The van der Waals surface area contributed by atoms with E-state index in [9.17, 15) is 14.9 Å². The maximum absolute atomic E-state index is 12.9. The number of hydrogen-bond acceptors (Lipinski definition) is 6. The van der Waals surface area contributed by atoms with Crippen LogP contribution in [0.25, 0.3) is 38.3 Å². The van der Waals surface area contributed by atoms with Crippen LogP contribution in [0.3, 0.4) is 0 Å². The number of rotatable bonds is 4. The van der Waals surface area contributed by atoms with Gasteiger partial charge in [0.2, 0.25) is 0 Å². The molecule has 1 aromatic heterocycles. The first-order valence-electron chi connectivity index (χ1n) is 10.8. The van der Waals surface area contributed by atoms with Crippen LogP contribution >= 0.6 is 0 Å². The molecule has 5 aromatic carbocycles. The topological polar surface area (TPSA) is 100 Å². The van der Waals surface area contributed by atoms with Crippen LogP contribution in [0.5, 0.6) is 5.75 Å². The van der Waals surface area contributed by atoms with Crippen molar-refractivity contribution < 1.29 is 14.5 Å². The zero-order valence-corrected chi connectivity index (χ0v) is 18.2. The molecule has 0 atom stereocenters. The van der Waals surface area contributed by atoms with Gasteiger partial charge in [-0.05, 0) is 35.0 Å². The van der Waals surface area contributed by atoms with Crippen LogP contribution in [-0.4, -0.2) is 25.9 Å². The van der Waals surface area contributed by atoms with Crippen molar-refractivity contribution in [1.82, 2.24) is 15.0 Å². The third-order valence-corrected chi connectivity index (χ3v) is 5.86. The second-order valence-electron chi connectivity index (χ2n) is 7.97. The number of carbonyl (C=O) groups is 1. The van der Waals surface area contributed by atoms with E-state index in [1.54, 1.807) is 6.07 Å². The minimum Gasteiger partial charge on any atom is -0.421 e. The highest BCUT2D eigenvalue weighted by molar-refractivity contribution is 6.04. The van der Waals surface area contributed by atoms with Crippen LogP contribution in [0.15, 0.2) is 97.1 Å². The summed E-state index contributed by atoms with van der Waals surface area (Å²) in [6.07, 6.45) is 0. The van der Waals surface area contributed by atoms with Gasteiger partial charge in [0.15, 0.2) is 5.75 Å². The van der Waals surface area contributed by atoms with Gasteiger partial charge in [0.05, 0.1) is 10.5 Å². The molecule has 0 unspecified atom stereocenters. The van der Waals surface area contributed by atoms with Gasteiger partial charge >= 0.3 is 5.97 Å². The first kappa shape index (κ1) is 20.5. The normalized spacial score (nSPS) is 11.2. The summed E-state index contributed by atoms with van der Waals surface area (Å²) in [7, 11) is 0. The molecule has 0 amide bonds. The maximum atomic E-state index is 12.9. The fourth-order valence-corrected chi connectivity index (χ4v) is 4.15. The molecular formula is C27H16N4O4. The van der Waals surface area contributed by atoms with Crippen molar-refractivity contribution in [2.24, 2.45) is 0 Å². The number of nitrogens with zero attached hydrogens (tertiary/aromatic N) is 4. The Balaban J connectivity index is 1.49. The SMILES string of the molecule is O=C(Oc1ccc2ccccc2c1-n1nc2ccc3ccccc3c2n1)c1ccc([N+](=O)[O-])cc1. The van der Waals surface area contributed by atoms with E-state index in [1.807, 2.05) is 66.7 Å². The summed E-state index contributed by atoms with van der Waals surface area (Å²) in [6, 6.07) is 28.4. The molecule has 1 heterocycles. The third-order valence-electron chi connectivity index (χ3n) is 5.86. The summed E-state index contributed by atoms with van der Waals surface area (Å²) in [5.74, 6) is -0.366. The Labute approximate surface area is 198 Å². The monoisotopic (exact) mass is 460 g/mol. The number of ether oxygens (including phenoxy) is 1. The number of fused-ring (bicyclic) bond motifs is 4. The summed E-state index contributed by atoms with van der Waals surface area (Å²) in [5, 5.41) is 24.2. The van der Waals surface area contributed by atoms with Crippen molar-refractivity contribution in [1.29, 1.82) is 0 Å². The average Bonchev–Trinajstić information content (AvgIpc) is 3.33. The lowest BCUT2D eigenvalue weighted by atomic mass is 10.1. The number of nitro benzene ring substituents is 1. The minimum atomic E-state index is -0.640. The standard InChI is InChI=1S/C27H16N4O4/c32-27(19-9-13-20(14-10-19)31(33)34)35-24-16-12-18-6-2-4-8-22(18)26(24)30-28-23-15-11-17-5-1-3-7-21(17)25(23)29-30/h1-16H. The second kappa shape index (κ2) is 8.03. The van der Waals surface area contributed by atoms with E-state index in [0.29, 0.717) is 11.2 Å². The van der Waals surface area contributed by atoms with E-state index < -0.39 is 10.9 Å². The number of nitro groups is 1.